The van der Waals surface area contributed by atoms with Gasteiger partial charge in [0.1, 0.15) is 6.61 Å². The Balaban J connectivity index is 1.84. The molecule has 0 aromatic heterocycles. The van der Waals surface area contributed by atoms with Crippen LogP contribution >= 0.6 is 11.8 Å². The molecule has 152 valence electrons. The Hall–Kier alpha value is -2.99. The normalized spacial score (nSPS) is 10.3. The van der Waals surface area contributed by atoms with Gasteiger partial charge in [0.05, 0.1) is 28.4 Å². The van der Waals surface area contributed by atoms with E-state index in [1.165, 1.54) is 0 Å². The molecule has 0 radical (unpaired) electrons. The van der Waals surface area contributed by atoms with Crippen molar-refractivity contribution in [3.8, 4) is 28.7 Å². The highest BCUT2D eigenvalue weighted by Gasteiger charge is 2.15. The summed E-state index contributed by atoms with van der Waals surface area (Å²) in [7, 11) is 6.44. The van der Waals surface area contributed by atoms with Gasteiger partial charge >= 0.3 is 0 Å². The van der Waals surface area contributed by atoms with Gasteiger partial charge in [0.25, 0.3) is 0 Å². The molecule has 0 bridgehead atoms. The predicted molar refractivity (Wildman–Crippen MR) is 114 cm³/mol. The molecule has 0 amide bonds. The molecule has 0 aliphatic heterocycles. The minimum absolute atomic E-state index is 0.468. The maximum absolute atomic E-state index is 6.01. The molecule has 0 atom stereocenters. The average Bonchev–Trinajstić information content (AvgIpc) is 2.77. The van der Waals surface area contributed by atoms with Crippen LogP contribution in [0.4, 0.5) is 0 Å². The highest BCUT2D eigenvalue weighted by Crippen LogP contribution is 2.43. The first-order chi connectivity index (χ1) is 14.2. The summed E-state index contributed by atoms with van der Waals surface area (Å²) in [6.07, 6.45) is 0. The average molecular weight is 413 g/mol. The number of rotatable bonds is 9. The van der Waals surface area contributed by atoms with Crippen LogP contribution in [-0.4, -0.2) is 28.4 Å². The number of hydrogen-bond acceptors (Lipinski definition) is 6. The molecule has 5 nitrogen and oxygen atoms in total. The first kappa shape index (κ1) is 20.7. The van der Waals surface area contributed by atoms with Crippen LogP contribution in [0.2, 0.25) is 0 Å². The largest absolute Gasteiger partial charge is 0.493 e. The number of ether oxygens (including phenoxy) is 5. The van der Waals surface area contributed by atoms with Gasteiger partial charge in [-0.15, -0.1) is 0 Å². The van der Waals surface area contributed by atoms with E-state index in [1.807, 2.05) is 60.7 Å². The summed E-state index contributed by atoms with van der Waals surface area (Å²) in [6.45, 7) is 0.468. The Bertz CT molecular complexity index is 918. The van der Waals surface area contributed by atoms with Crippen LogP contribution in [0.1, 0.15) is 5.56 Å². The first-order valence-corrected chi connectivity index (χ1v) is 9.82. The van der Waals surface area contributed by atoms with Gasteiger partial charge in [-0.05, 0) is 35.9 Å². The van der Waals surface area contributed by atoms with E-state index in [9.17, 15) is 0 Å². The second kappa shape index (κ2) is 9.98. The molecule has 0 saturated carbocycles. The van der Waals surface area contributed by atoms with Gasteiger partial charge in [-0.1, -0.05) is 42.1 Å². The standard InChI is InChI=1S/C23H24O5S/c1-24-19-11-10-17(12-20(19)28-15-16-8-6-5-7-9-16)29-18-13-21(25-2)23(27-4)22(14-18)26-3/h5-14H,15H2,1-4H3. The van der Waals surface area contributed by atoms with Gasteiger partial charge in [-0.3, -0.25) is 0 Å². The molecule has 0 unspecified atom stereocenters. The van der Waals surface area contributed by atoms with Crippen molar-refractivity contribution >= 4 is 11.8 Å². The van der Waals surface area contributed by atoms with Crippen molar-refractivity contribution in [3.05, 3.63) is 66.2 Å². The SMILES string of the molecule is COc1ccc(Sc2cc(OC)c(OC)c(OC)c2)cc1OCc1ccccc1. The third-order valence-electron chi connectivity index (χ3n) is 4.25. The number of methoxy groups -OCH3 is 4. The van der Waals surface area contributed by atoms with E-state index in [0.717, 1.165) is 15.4 Å². The van der Waals surface area contributed by atoms with Gasteiger partial charge in [0.15, 0.2) is 23.0 Å². The third kappa shape index (κ3) is 5.09. The zero-order valence-electron chi connectivity index (χ0n) is 16.9. The number of hydrogen-bond donors (Lipinski definition) is 0. The molecule has 0 heterocycles. The van der Waals surface area contributed by atoms with Crippen molar-refractivity contribution in [2.24, 2.45) is 0 Å². The van der Waals surface area contributed by atoms with E-state index in [4.69, 9.17) is 23.7 Å². The highest BCUT2D eigenvalue weighted by atomic mass is 32.2. The van der Waals surface area contributed by atoms with Crippen molar-refractivity contribution in [2.75, 3.05) is 28.4 Å². The minimum atomic E-state index is 0.468. The fourth-order valence-electron chi connectivity index (χ4n) is 2.82. The predicted octanol–water partition coefficient (Wildman–Crippen LogP) is 5.45. The van der Waals surface area contributed by atoms with Gasteiger partial charge < -0.3 is 23.7 Å². The van der Waals surface area contributed by atoms with Gasteiger partial charge in [-0.2, -0.15) is 0 Å². The zero-order valence-corrected chi connectivity index (χ0v) is 17.7. The van der Waals surface area contributed by atoms with Gasteiger partial charge in [0, 0.05) is 9.79 Å². The molecule has 3 aromatic carbocycles. The minimum Gasteiger partial charge on any atom is -0.493 e. The fraction of sp³-hybridized carbons (Fsp3) is 0.217. The third-order valence-corrected chi connectivity index (χ3v) is 5.21. The van der Waals surface area contributed by atoms with Gasteiger partial charge in [-0.25, -0.2) is 0 Å². The molecule has 0 fully saturated rings. The van der Waals surface area contributed by atoms with Crippen molar-refractivity contribution in [1.82, 2.24) is 0 Å². The van der Waals surface area contributed by atoms with Crippen LogP contribution in [0, 0.1) is 0 Å². The van der Waals surface area contributed by atoms with E-state index < -0.39 is 0 Å². The highest BCUT2D eigenvalue weighted by molar-refractivity contribution is 7.99. The Kier molecular flexibility index (Phi) is 7.14. The molecule has 6 heteroatoms. The second-order valence-electron chi connectivity index (χ2n) is 6.05. The molecule has 0 spiro atoms. The number of benzene rings is 3. The molecule has 3 aromatic rings. The molecule has 29 heavy (non-hydrogen) atoms. The summed E-state index contributed by atoms with van der Waals surface area (Å²) >= 11 is 1.57. The maximum atomic E-state index is 6.01. The summed E-state index contributed by atoms with van der Waals surface area (Å²) in [5, 5.41) is 0. The maximum Gasteiger partial charge on any atom is 0.203 e. The molecular weight excluding hydrogens is 388 g/mol. The summed E-state index contributed by atoms with van der Waals surface area (Å²) < 4.78 is 27.7. The van der Waals surface area contributed by atoms with E-state index in [-0.39, 0.29) is 0 Å². The Morgan fingerprint density at radius 2 is 1.24 bits per heavy atom. The smallest absolute Gasteiger partial charge is 0.203 e. The van der Waals surface area contributed by atoms with Crippen molar-refractivity contribution in [2.45, 2.75) is 16.4 Å². The summed E-state index contributed by atoms with van der Waals surface area (Å²) in [5.74, 6) is 3.18. The monoisotopic (exact) mass is 412 g/mol. The van der Waals surface area contributed by atoms with Crippen LogP contribution in [-0.2, 0) is 6.61 Å². The molecule has 0 aliphatic rings. The van der Waals surface area contributed by atoms with Crippen molar-refractivity contribution in [1.29, 1.82) is 0 Å². The molecule has 0 saturated heterocycles. The van der Waals surface area contributed by atoms with Crippen LogP contribution in [0.5, 0.6) is 28.7 Å². The lowest BCUT2D eigenvalue weighted by atomic mass is 10.2. The molecule has 0 aliphatic carbocycles. The molecular formula is C23H24O5S. The molecule has 0 N–H and O–H groups in total. The zero-order chi connectivity index (χ0) is 20.6. The van der Waals surface area contributed by atoms with Crippen molar-refractivity contribution < 1.29 is 23.7 Å². The second-order valence-corrected chi connectivity index (χ2v) is 7.20. The summed E-state index contributed by atoms with van der Waals surface area (Å²) in [4.78, 5) is 1.96. The topological polar surface area (TPSA) is 46.2 Å². The summed E-state index contributed by atoms with van der Waals surface area (Å²) in [6, 6.07) is 19.7. The van der Waals surface area contributed by atoms with Crippen LogP contribution in [0.3, 0.4) is 0 Å². The van der Waals surface area contributed by atoms with Crippen molar-refractivity contribution in [3.63, 3.8) is 0 Å². The Labute approximate surface area is 175 Å². The van der Waals surface area contributed by atoms with E-state index >= 15 is 0 Å². The Morgan fingerprint density at radius 3 is 1.83 bits per heavy atom. The summed E-state index contributed by atoms with van der Waals surface area (Å²) in [5.41, 5.74) is 1.09. The van der Waals surface area contributed by atoms with Crippen LogP contribution in [0.25, 0.3) is 0 Å². The quantitative estimate of drug-likeness (QED) is 0.466. The van der Waals surface area contributed by atoms with Crippen LogP contribution < -0.4 is 23.7 Å². The fourth-order valence-corrected chi connectivity index (χ4v) is 3.73. The lowest BCUT2D eigenvalue weighted by Crippen LogP contribution is -1.98. The lowest BCUT2D eigenvalue weighted by molar-refractivity contribution is 0.283. The molecule has 3 rings (SSSR count). The first-order valence-electron chi connectivity index (χ1n) is 9.01. The Morgan fingerprint density at radius 1 is 0.621 bits per heavy atom. The van der Waals surface area contributed by atoms with E-state index in [0.29, 0.717) is 35.4 Å². The van der Waals surface area contributed by atoms with E-state index in [1.54, 1.807) is 40.2 Å². The van der Waals surface area contributed by atoms with Crippen LogP contribution in [0.15, 0.2) is 70.5 Å². The lowest BCUT2D eigenvalue weighted by Gasteiger charge is -2.15. The van der Waals surface area contributed by atoms with E-state index in [2.05, 4.69) is 0 Å². The van der Waals surface area contributed by atoms with Gasteiger partial charge in [0.2, 0.25) is 5.75 Å².